The molecule has 0 unspecified atom stereocenters. The van der Waals surface area contributed by atoms with Crippen LogP contribution < -0.4 is 19.1 Å². The summed E-state index contributed by atoms with van der Waals surface area (Å²) in [6.45, 7) is 4.85. The van der Waals surface area contributed by atoms with Gasteiger partial charge in [0.2, 0.25) is 11.8 Å². The molecule has 0 radical (unpaired) electrons. The number of halogens is 2. The Bertz CT molecular complexity index is 1650. The van der Waals surface area contributed by atoms with Gasteiger partial charge in [0.25, 0.3) is 10.0 Å². The lowest BCUT2D eigenvalue weighted by Gasteiger charge is -2.35. The molecule has 9 nitrogen and oxygen atoms in total. The number of benzene rings is 3. The molecule has 0 heterocycles. The zero-order chi connectivity index (χ0) is 34.3. The Kier molecular flexibility index (Phi) is 12.4. The maximum absolute atomic E-state index is 14.5. The fraction of sp³-hybridized carbons (Fsp3) is 0.429. The van der Waals surface area contributed by atoms with E-state index >= 15 is 0 Å². The third kappa shape index (κ3) is 8.72. The molecule has 1 aliphatic rings. The van der Waals surface area contributed by atoms with Crippen molar-refractivity contribution in [1.82, 2.24) is 10.2 Å². The van der Waals surface area contributed by atoms with E-state index in [0.29, 0.717) is 33.5 Å². The summed E-state index contributed by atoms with van der Waals surface area (Å²) in [5, 5.41) is 3.81. The highest BCUT2D eigenvalue weighted by Gasteiger charge is 2.35. The van der Waals surface area contributed by atoms with E-state index in [-0.39, 0.29) is 29.1 Å². The normalized spacial score (nSPS) is 14.3. The minimum atomic E-state index is -4.34. The Hall–Kier alpha value is -3.47. The first-order valence-corrected chi connectivity index (χ1v) is 17.9. The van der Waals surface area contributed by atoms with E-state index < -0.39 is 28.5 Å². The Morgan fingerprint density at radius 3 is 2.11 bits per heavy atom. The zero-order valence-corrected chi connectivity index (χ0v) is 29.8. The third-order valence-corrected chi connectivity index (χ3v) is 10.9. The minimum Gasteiger partial charge on any atom is -0.493 e. The molecule has 1 aliphatic carbocycles. The number of hydrogen-bond donors (Lipinski definition) is 1. The molecule has 1 saturated carbocycles. The quantitative estimate of drug-likeness (QED) is 0.204. The number of hydrogen-bond acceptors (Lipinski definition) is 6. The van der Waals surface area contributed by atoms with Crippen molar-refractivity contribution < 1.29 is 27.5 Å². The predicted octanol–water partition coefficient (Wildman–Crippen LogP) is 7.08. The van der Waals surface area contributed by atoms with Crippen LogP contribution in [0.4, 0.5) is 5.69 Å². The molecule has 0 saturated heterocycles. The van der Waals surface area contributed by atoms with E-state index in [4.69, 9.17) is 32.7 Å². The van der Waals surface area contributed by atoms with E-state index in [1.807, 2.05) is 26.8 Å². The van der Waals surface area contributed by atoms with Gasteiger partial charge in [0.1, 0.15) is 12.6 Å². The van der Waals surface area contributed by atoms with Gasteiger partial charge in [-0.1, -0.05) is 61.5 Å². The second-order valence-electron chi connectivity index (χ2n) is 11.9. The third-order valence-electron chi connectivity index (χ3n) is 8.44. The molecule has 0 aromatic heterocycles. The highest BCUT2D eigenvalue weighted by molar-refractivity contribution is 7.92. The molecule has 0 aliphatic heterocycles. The summed E-state index contributed by atoms with van der Waals surface area (Å²) < 4.78 is 40.6. The van der Waals surface area contributed by atoms with Crippen molar-refractivity contribution in [3.63, 3.8) is 0 Å². The number of carbonyl (C=O) groups is 2. The van der Waals surface area contributed by atoms with Crippen LogP contribution in [-0.4, -0.2) is 58.0 Å². The Labute approximate surface area is 288 Å². The van der Waals surface area contributed by atoms with E-state index in [0.717, 1.165) is 47.5 Å². The fourth-order valence-electron chi connectivity index (χ4n) is 6.05. The lowest BCUT2D eigenvalue weighted by molar-refractivity contribution is -0.140. The molecule has 2 amide bonds. The summed E-state index contributed by atoms with van der Waals surface area (Å²) in [7, 11) is -1.46. The fourth-order valence-corrected chi connectivity index (χ4v) is 7.98. The average molecular weight is 705 g/mol. The van der Waals surface area contributed by atoms with Crippen molar-refractivity contribution >= 4 is 50.7 Å². The van der Waals surface area contributed by atoms with Crippen LogP contribution in [-0.2, 0) is 26.2 Å². The highest BCUT2D eigenvalue weighted by atomic mass is 35.5. The van der Waals surface area contributed by atoms with Crippen molar-refractivity contribution in [1.29, 1.82) is 0 Å². The van der Waals surface area contributed by atoms with E-state index in [2.05, 4.69) is 5.32 Å². The second kappa shape index (κ2) is 16.1. The topological polar surface area (TPSA) is 105 Å². The van der Waals surface area contributed by atoms with Gasteiger partial charge in [0.15, 0.2) is 11.5 Å². The first-order chi connectivity index (χ1) is 22.4. The summed E-state index contributed by atoms with van der Waals surface area (Å²) >= 11 is 13.1. The van der Waals surface area contributed by atoms with Crippen LogP contribution in [0.15, 0.2) is 59.5 Å². The van der Waals surface area contributed by atoms with Crippen LogP contribution >= 0.6 is 23.2 Å². The van der Waals surface area contributed by atoms with Crippen LogP contribution in [0.1, 0.15) is 62.1 Å². The number of rotatable bonds is 13. The van der Waals surface area contributed by atoms with Crippen molar-refractivity contribution in [2.24, 2.45) is 0 Å². The molecule has 0 bridgehead atoms. The number of anilines is 1. The molecule has 1 N–H and O–H groups in total. The Balaban J connectivity index is 1.79. The number of carbonyl (C=O) groups excluding carboxylic acids is 2. The summed E-state index contributed by atoms with van der Waals surface area (Å²) in [4.78, 5) is 29.6. The number of nitrogens with zero attached hydrogens (tertiary/aromatic N) is 2. The largest absolute Gasteiger partial charge is 0.493 e. The first-order valence-electron chi connectivity index (χ1n) is 15.7. The van der Waals surface area contributed by atoms with E-state index in [1.54, 1.807) is 30.3 Å². The molecule has 47 heavy (non-hydrogen) atoms. The molecule has 3 aromatic carbocycles. The number of sulfonamides is 1. The van der Waals surface area contributed by atoms with Crippen LogP contribution in [0.25, 0.3) is 0 Å². The number of aryl methyl sites for hydroxylation is 2. The maximum atomic E-state index is 14.5. The molecule has 1 atom stereocenters. The number of ether oxygens (including phenoxy) is 2. The molecule has 3 aromatic rings. The molecule has 4 rings (SSSR count). The summed E-state index contributed by atoms with van der Waals surface area (Å²) in [5.41, 5.74) is 2.41. The molecular formula is C35H43Cl2N3O6S. The Morgan fingerprint density at radius 1 is 0.915 bits per heavy atom. The summed E-state index contributed by atoms with van der Waals surface area (Å²) in [6.07, 6.45) is 5.21. The van der Waals surface area contributed by atoms with Crippen LogP contribution in [0.5, 0.6) is 11.5 Å². The standard InChI is InChI=1S/C35H43Cl2N3O6S/c1-6-31(35(42)38-25-11-8-7-9-12-25)39(21-28-29(36)13-10-14-30(28)37)34(41)22-40(26-18-23(2)17-24(3)19-26)47(43,44)27-15-16-32(45-4)33(20-27)46-5/h10,13-20,25,31H,6-9,11-12,21-22H2,1-5H3,(H,38,42)/t31-/m1/s1. The van der Waals surface area contributed by atoms with Crippen LogP contribution in [0.3, 0.4) is 0 Å². The number of amides is 2. The van der Waals surface area contributed by atoms with Gasteiger partial charge in [-0.05, 0) is 80.6 Å². The predicted molar refractivity (Wildman–Crippen MR) is 186 cm³/mol. The van der Waals surface area contributed by atoms with Gasteiger partial charge in [-0.2, -0.15) is 0 Å². The molecular weight excluding hydrogens is 661 g/mol. The maximum Gasteiger partial charge on any atom is 0.264 e. The zero-order valence-electron chi connectivity index (χ0n) is 27.5. The second-order valence-corrected chi connectivity index (χ2v) is 14.5. The highest BCUT2D eigenvalue weighted by Crippen LogP contribution is 2.34. The van der Waals surface area contributed by atoms with Crippen molar-refractivity contribution in [3.05, 3.63) is 81.3 Å². The average Bonchev–Trinajstić information content (AvgIpc) is 3.04. The SMILES string of the molecule is CC[C@H](C(=O)NC1CCCCC1)N(Cc1c(Cl)cccc1Cl)C(=O)CN(c1cc(C)cc(C)c1)S(=O)(=O)c1ccc(OC)c(OC)c1. The lowest BCUT2D eigenvalue weighted by Crippen LogP contribution is -2.54. The summed E-state index contributed by atoms with van der Waals surface area (Å²) in [6, 6.07) is 13.8. The monoisotopic (exact) mass is 703 g/mol. The smallest absolute Gasteiger partial charge is 0.264 e. The summed E-state index contributed by atoms with van der Waals surface area (Å²) in [5.74, 6) is -0.301. The van der Waals surface area contributed by atoms with Crippen molar-refractivity contribution in [2.75, 3.05) is 25.1 Å². The molecule has 1 fully saturated rings. The van der Waals surface area contributed by atoms with Gasteiger partial charge < -0.3 is 19.7 Å². The van der Waals surface area contributed by atoms with Crippen molar-refractivity contribution in [3.8, 4) is 11.5 Å². The Morgan fingerprint density at radius 2 is 1.53 bits per heavy atom. The lowest BCUT2D eigenvalue weighted by atomic mass is 9.95. The van der Waals surface area contributed by atoms with Gasteiger partial charge >= 0.3 is 0 Å². The van der Waals surface area contributed by atoms with E-state index in [1.165, 1.54) is 37.3 Å². The number of methoxy groups -OCH3 is 2. The first kappa shape index (κ1) is 36.4. The van der Waals surface area contributed by atoms with Gasteiger partial charge in [-0.25, -0.2) is 8.42 Å². The van der Waals surface area contributed by atoms with Gasteiger partial charge in [0.05, 0.1) is 24.8 Å². The van der Waals surface area contributed by atoms with E-state index in [9.17, 15) is 18.0 Å². The van der Waals surface area contributed by atoms with Gasteiger partial charge in [-0.3, -0.25) is 13.9 Å². The number of nitrogens with one attached hydrogen (secondary N) is 1. The molecule has 254 valence electrons. The molecule has 12 heteroatoms. The van der Waals surface area contributed by atoms with Gasteiger partial charge in [-0.15, -0.1) is 0 Å². The molecule has 0 spiro atoms. The van der Waals surface area contributed by atoms with Crippen LogP contribution in [0.2, 0.25) is 10.0 Å². The minimum absolute atomic E-state index is 0.0170. The van der Waals surface area contributed by atoms with Crippen LogP contribution in [0, 0.1) is 13.8 Å². The van der Waals surface area contributed by atoms with Crippen molar-refractivity contribution in [2.45, 2.75) is 82.8 Å². The van der Waals surface area contributed by atoms with Gasteiger partial charge in [0, 0.05) is 34.3 Å².